The first kappa shape index (κ1) is 17.3. The predicted octanol–water partition coefficient (Wildman–Crippen LogP) is 4.87. The van der Waals surface area contributed by atoms with Crippen LogP contribution in [-0.2, 0) is 0 Å². The molecule has 0 saturated carbocycles. The van der Waals surface area contributed by atoms with Crippen molar-refractivity contribution in [1.29, 1.82) is 0 Å². The minimum Gasteiger partial charge on any atom is -0.497 e. The largest absolute Gasteiger partial charge is 0.497 e. The van der Waals surface area contributed by atoms with Crippen molar-refractivity contribution >= 4 is 51.6 Å². The van der Waals surface area contributed by atoms with Crippen LogP contribution in [0.2, 0.25) is 10.0 Å². The van der Waals surface area contributed by atoms with Gasteiger partial charge in [-0.3, -0.25) is 14.2 Å². The molecule has 0 atom stereocenters. The summed E-state index contributed by atoms with van der Waals surface area (Å²) < 4.78 is 6.64. The molecular formula is C18H14Cl2N2O3. The van der Waals surface area contributed by atoms with Crippen LogP contribution in [0.1, 0.15) is 22.1 Å². The fourth-order valence-corrected chi connectivity index (χ4v) is 2.90. The molecule has 1 N–H and O–H groups in total. The Morgan fingerprint density at radius 2 is 1.88 bits per heavy atom. The summed E-state index contributed by atoms with van der Waals surface area (Å²) in [6.07, 6.45) is 1.50. The van der Waals surface area contributed by atoms with E-state index < -0.39 is 5.91 Å². The average Bonchev–Trinajstić information content (AvgIpc) is 2.97. The zero-order chi connectivity index (χ0) is 18.1. The second-order valence-electron chi connectivity index (χ2n) is 5.39. The van der Waals surface area contributed by atoms with E-state index in [4.69, 9.17) is 27.9 Å². The average molecular weight is 377 g/mol. The van der Waals surface area contributed by atoms with Crippen LogP contribution >= 0.6 is 23.2 Å². The number of halogens is 2. The summed E-state index contributed by atoms with van der Waals surface area (Å²) in [6, 6.07) is 9.97. The third kappa shape index (κ3) is 3.34. The SMILES string of the molecule is COc1ccc2c(c1)c(C(=O)Nc1cc(Cl)ccc1Cl)cn2C(C)=O. The summed E-state index contributed by atoms with van der Waals surface area (Å²) in [5.41, 5.74) is 1.35. The fraction of sp³-hybridized carbons (Fsp3) is 0.111. The highest BCUT2D eigenvalue weighted by Crippen LogP contribution is 2.29. The Morgan fingerprint density at radius 3 is 2.56 bits per heavy atom. The Hall–Kier alpha value is -2.50. The third-order valence-corrected chi connectivity index (χ3v) is 4.34. The molecule has 0 radical (unpaired) electrons. The molecule has 1 heterocycles. The first-order chi connectivity index (χ1) is 11.9. The van der Waals surface area contributed by atoms with E-state index in [9.17, 15) is 9.59 Å². The van der Waals surface area contributed by atoms with Gasteiger partial charge in [0, 0.05) is 23.5 Å². The number of aromatic nitrogens is 1. The Labute approximate surface area is 154 Å². The molecular weight excluding hydrogens is 363 g/mol. The van der Waals surface area contributed by atoms with E-state index >= 15 is 0 Å². The van der Waals surface area contributed by atoms with Crippen LogP contribution in [0.4, 0.5) is 5.69 Å². The second kappa shape index (κ2) is 6.78. The van der Waals surface area contributed by atoms with Gasteiger partial charge in [-0.15, -0.1) is 0 Å². The van der Waals surface area contributed by atoms with Crippen LogP contribution in [0.3, 0.4) is 0 Å². The molecule has 3 rings (SSSR count). The number of benzene rings is 2. The van der Waals surface area contributed by atoms with Crippen LogP contribution in [0.15, 0.2) is 42.6 Å². The number of nitrogens with zero attached hydrogens (tertiary/aromatic N) is 1. The lowest BCUT2D eigenvalue weighted by molar-refractivity contribution is 0.0941. The van der Waals surface area contributed by atoms with E-state index in [2.05, 4.69) is 5.32 Å². The van der Waals surface area contributed by atoms with Crippen molar-refractivity contribution in [3.63, 3.8) is 0 Å². The summed E-state index contributed by atoms with van der Waals surface area (Å²) in [6.45, 7) is 1.43. The quantitative estimate of drug-likeness (QED) is 0.709. The highest BCUT2D eigenvalue weighted by molar-refractivity contribution is 6.36. The third-order valence-electron chi connectivity index (χ3n) is 3.77. The lowest BCUT2D eigenvalue weighted by atomic mass is 10.1. The summed E-state index contributed by atoms with van der Waals surface area (Å²) in [5, 5.41) is 4.15. The summed E-state index contributed by atoms with van der Waals surface area (Å²) >= 11 is 12.0. The van der Waals surface area contributed by atoms with E-state index in [1.54, 1.807) is 36.4 Å². The number of hydrogen-bond acceptors (Lipinski definition) is 3. The second-order valence-corrected chi connectivity index (χ2v) is 6.24. The number of hydrogen-bond donors (Lipinski definition) is 1. The lowest BCUT2D eigenvalue weighted by Gasteiger charge is -2.07. The number of nitrogens with one attached hydrogen (secondary N) is 1. The number of anilines is 1. The molecule has 0 aliphatic carbocycles. The molecule has 0 aliphatic heterocycles. The van der Waals surface area contributed by atoms with Gasteiger partial charge in [0.05, 0.1) is 28.9 Å². The van der Waals surface area contributed by atoms with Gasteiger partial charge in [-0.1, -0.05) is 23.2 Å². The maximum absolute atomic E-state index is 12.7. The Bertz CT molecular complexity index is 995. The van der Waals surface area contributed by atoms with Crippen LogP contribution in [0.5, 0.6) is 5.75 Å². The van der Waals surface area contributed by atoms with Crippen LogP contribution < -0.4 is 10.1 Å². The number of ether oxygens (including phenoxy) is 1. The Balaban J connectivity index is 2.09. The molecule has 0 aliphatic rings. The van der Waals surface area contributed by atoms with Crippen LogP contribution in [0.25, 0.3) is 10.9 Å². The van der Waals surface area contributed by atoms with E-state index in [0.717, 1.165) is 0 Å². The first-order valence-corrected chi connectivity index (χ1v) is 8.12. The molecule has 1 amide bonds. The molecule has 2 aromatic carbocycles. The Kier molecular flexibility index (Phi) is 4.70. The first-order valence-electron chi connectivity index (χ1n) is 7.37. The van der Waals surface area contributed by atoms with Gasteiger partial charge >= 0.3 is 0 Å². The molecule has 25 heavy (non-hydrogen) atoms. The van der Waals surface area contributed by atoms with E-state index in [1.165, 1.54) is 24.8 Å². The van der Waals surface area contributed by atoms with E-state index in [0.29, 0.717) is 37.9 Å². The predicted molar refractivity (Wildman–Crippen MR) is 99.2 cm³/mol. The molecule has 0 spiro atoms. The van der Waals surface area contributed by atoms with Crippen LogP contribution in [-0.4, -0.2) is 23.5 Å². The monoisotopic (exact) mass is 376 g/mol. The maximum atomic E-state index is 12.7. The number of carbonyl (C=O) groups is 2. The zero-order valence-electron chi connectivity index (χ0n) is 13.5. The molecule has 7 heteroatoms. The molecule has 1 aromatic heterocycles. The molecule has 0 unspecified atom stereocenters. The number of methoxy groups -OCH3 is 1. The molecule has 0 bridgehead atoms. The van der Waals surface area contributed by atoms with Crippen molar-refractivity contribution < 1.29 is 14.3 Å². The zero-order valence-corrected chi connectivity index (χ0v) is 15.0. The van der Waals surface area contributed by atoms with Crippen molar-refractivity contribution in [3.8, 4) is 5.75 Å². The van der Waals surface area contributed by atoms with Crippen molar-refractivity contribution in [2.75, 3.05) is 12.4 Å². The summed E-state index contributed by atoms with van der Waals surface area (Å²) in [7, 11) is 1.54. The van der Waals surface area contributed by atoms with Crippen molar-refractivity contribution in [2.24, 2.45) is 0 Å². The molecule has 5 nitrogen and oxygen atoms in total. The number of rotatable bonds is 3. The van der Waals surface area contributed by atoms with Gasteiger partial charge in [0.1, 0.15) is 5.75 Å². The molecule has 3 aromatic rings. The molecule has 128 valence electrons. The summed E-state index contributed by atoms with van der Waals surface area (Å²) in [4.78, 5) is 24.6. The topological polar surface area (TPSA) is 60.3 Å². The standard InChI is InChI=1S/C18H14Cl2N2O3/c1-10(23)22-9-14(13-8-12(25-2)4-6-17(13)22)18(24)21-16-7-11(19)3-5-15(16)20/h3-9H,1-2H3,(H,21,24). The van der Waals surface area contributed by atoms with Crippen molar-refractivity contribution in [1.82, 2.24) is 4.57 Å². The molecule has 0 saturated heterocycles. The smallest absolute Gasteiger partial charge is 0.257 e. The van der Waals surface area contributed by atoms with E-state index in [1.807, 2.05) is 0 Å². The highest BCUT2D eigenvalue weighted by atomic mass is 35.5. The lowest BCUT2D eigenvalue weighted by Crippen LogP contribution is -2.12. The van der Waals surface area contributed by atoms with Crippen molar-refractivity contribution in [2.45, 2.75) is 6.92 Å². The van der Waals surface area contributed by atoms with Gasteiger partial charge in [0.25, 0.3) is 5.91 Å². The van der Waals surface area contributed by atoms with Gasteiger partial charge in [0.15, 0.2) is 0 Å². The maximum Gasteiger partial charge on any atom is 0.257 e. The minimum absolute atomic E-state index is 0.199. The number of carbonyl (C=O) groups excluding carboxylic acids is 2. The van der Waals surface area contributed by atoms with Crippen LogP contribution in [0, 0.1) is 0 Å². The van der Waals surface area contributed by atoms with Crippen molar-refractivity contribution in [3.05, 3.63) is 58.2 Å². The fourth-order valence-electron chi connectivity index (χ4n) is 2.56. The van der Waals surface area contributed by atoms with Gasteiger partial charge in [-0.05, 0) is 36.4 Å². The van der Waals surface area contributed by atoms with Gasteiger partial charge in [0.2, 0.25) is 5.91 Å². The van der Waals surface area contributed by atoms with Gasteiger partial charge in [-0.25, -0.2) is 0 Å². The van der Waals surface area contributed by atoms with Gasteiger partial charge < -0.3 is 10.1 Å². The normalized spacial score (nSPS) is 10.7. The summed E-state index contributed by atoms with van der Waals surface area (Å²) in [5.74, 6) is -0.0129. The number of fused-ring (bicyclic) bond motifs is 1. The minimum atomic E-state index is -0.401. The number of amides is 1. The Morgan fingerprint density at radius 1 is 1.12 bits per heavy atom. The van der Waals surface area contributed by atoms with E-state index in [-0.39, 0.29) is 5.91 Å². The highest BCUT2D eigenvalue weighted by Gasteiger charge is 2.18. The molecule has 0 fully saturated rings. The van der Waals surface area contributed by atoms with Gasteiger partial charge in [-0.2, -0.15) is 0 Å².